The molecule has 2 N–H and O–H groups in total. The molecule has 0 aliphatic heterocycles. The highest BCUT2D eigenvalue weighted by Crippen LogP contribution is 2.25. The highest BCUT2D eigenvalue weighted by Gasteiger charge is 2.04. The molecule has 1 heterocycles. The quantitative estimate of drug-likeness (QED) is 0.698. The summed E-state index contributed by atoms with van der Waals surface area (Å²) in [6.07, 6.45) is 1.69. The molecule has 0 amide bonds. The third kappa shape index (κ3) is 2.56. The number of aryl methyl sites for hydroxylation is 1. The molecule has 0 saturated heterocycles. The van der Waals surface area contributed by atoms with Crippen LogP contribution < -0.4 is 5.73 Å². The number of benzene rings is 1. The van der Waals surface area contributed by atoms with Gasteiger partial charge in [-0.25, -0.2) is 0 Å². The second-order valence-corrected chi connectivity index (χ2v) is 5.21. The van der Waals surface area contributed by atoms with Gasteiger partial charge in [-0.3, -0.25) is 0 Å². The Hall–Kier alpha value is -1.01. The Labute approximate surface area is 106 Å². The van der Waals surface area contributed by atoms with Gasteiger partial charge in [0.25, 0.3) is 0 Å². The van der Waals surface area contributed by atoms with Gasteiger partial charge in [0.05, 0.1) is 0 Å². The average Bonchev–Trinajstić information content (AvgIpc) is 2.63. The van der Waals surface area contributed by atoms with Gasteiger partial charge in [0.15, 0.2) is 5.16 Å². The van der Waals surface area contributed by atoms with Gasteiger partial charge in [-0.05, 0) is 17.7 Å². The number of nitrogen functional groups attached to an aromatic ring is 1. The van der Waals surface area contributed by atoms with E-state index in [1.807, 2.05) is 29.8 Å². The first kappa shape index (κ1) is 11.5. The monoisotopic (exact) mass is 298 g/mol. The third-order valence-electron chi connectivity index (χ3n) is 2.13. The van der Waals surface area contributed by atoms with Gasteiger partial charge in [0.1, 0.15) is 6.33 Å². The molecule has 0 fully saturated rings. The molecule has 0 radical (unpaired) electrons. The van der Waals surface area contributed by atoms with Gasteiger partial charge in [-0.2, -0.15) is 0 Å². The van der Waals surface area contributed by atoms with Crippen molar-refractivity contribution in [2.24, 2.45) is 7.05 Å². The molecule has 4 nitrogen and oxygen atoms in total. The lowest BCUT2D eigenvalue weighted by molar-refractivity contribution is 0.788. The largest absolute Gasteiger partial charge is 0.398 e. The Morgan fingerprint density at radius 1 is 1.50 bits per heavy atom. The van der Waals surface area contributed by atoms with Crippen LogP contribution in [0.3, 0.4) is 0 Å². The molecule has 0 spiro atoms. The summed E-state index contributed by atoms with van der Waals surface area (Å²) in [4.78, 5) is 0. The number of rotatable bonds is 3. The Bertz CT molecular complexity index is 497. The van der Waals surface area contributed by atoms with Crippen LogP contribution in [0.4, 0.5) is 5.69 Å². The minimum absolute atomic E-state index is 0.795. The Kier molecular flexibility index (Phi) is 3.50. The maximum Gasteiger partial charge on any atom is 0.191 e. The number of hydrogen-bond acceptors (Lipinski definition) is 4. The number of hydrogen-bond donors (Lipinski definition) is 1. The van der Waals surface area contributed by atoms with E-state index in [1.54, 1.807) is 18.1 Å². The molecular formula is C10H11BrN4S. The van der Waals surface area contributed by atoms with Crippen molar-refractivity contribution in [3.05, 3.63) is 34.6 Å². The van der Waals surface area contributed by atoms with Crippen LogP contribution in [-0.4, -0.2) is 14.8 Å². The lowest BCUT2D eigenvalue weighted by Gasteiger charge is -2.05. The topological polar surface area (TPSA) is 56.7 Å². The summed E-state index contributed by atoms with van der Waals surface area (Å²) in [5.41, 5.74) is 7.82. The van der Waals surface area contributed by atoms with Gasteiger partial charge < -0.3 is 10.3 Å². The normalized spacial score (nSPS) is 10.6. The van der Waals surface area contributed by atoms with Crippen LogP contribution in [0.1, 0.15) is 5.56 Å². The molecule has 6 heteroatoms. The van der Waals surface area contributed by atoms with E-state index in [4.69, 9.17) is 5.73 Å². The molecule has 16 heavy (non-hydrogen) atoms. The van der Waals surface area contributed by atoms with Gasteiger partial charge in [-0.15, -0.1) is 10.2 Å². The van der Waals surface area contributed by atoms with Crippen molar-refractivity contribution in [3.63, 3.8) is 0 Å². The summed E-state index contributed by atoms with van der Waals surface area (Å²) < 4.78 is 2.89. The second-order valence-electron chi connectivity index (χ2n) is 3.36. The zero-order valence-corrected chi connectivity index (χ0v) is 11.1. The Balaban J connectivity index is 2.08. The van der Waals surface area contributed by atoms with Crippen molar-refractivity contribution in [2.75, 3.05) is 5.73 Å². The zero-order chi connectivity index (χ0) is 11.5. The first-order valence-corrected chi connectivity index (χ1v) is 6.45. The molecule has 0 unspecified atom stereocenters. The first-order chi connectivity index (χ1) is 7.66. The van der Waals surface area contributed by atoms with E-state index in [0.29, 0.717) is 0 Å². The molecule has 0 saturated carbocycles. The van der Waals surface area contributed by atoms with E-state index in [1.165, 1.54) is 0 Å². The summed E-state index contributed by atoms with van der Waals surface area (Å²) in [6.45, 7) is 0. The number of nitrogens with two attached hydrogens (primary N) is 1. The van der Waals surface area contributed by atoms with Crippen molar-refractivity contribution in [1.29, 1.82) is 0 Å². The molecular weight excluding hydrogens is 288 g/mol. The van der Waals surface area contributed by atoms with Crippen LogP contribution >= 0.6 is 27.7 Å². The number of anilines is 1. The number of thioether (sulfide) groups is 1. The van der Waals surface area contributed by atoms with Crippen molar-refractivity contribution in [2.45, 2.75) is 10.9 Å². The van der Waals surface area contributed by atoms with E-state index >= 15 is 0 Å². The minimum Gasteiger partial charge on any atom is -0.398 e. The highest BCUT2D eigenvalue weighted by atomic mass is 79.9. The third-order valence-corrected chi connectivity index (χ3v) is 3.71. The van der Waals surface area contributed by atoms with Crippen molar-refractivity contribution >= 4 is 33.4 Å². The average molecular weight is 299 g/mol. The summed E-state index contributed by atoms with van der Waals surface area (Å²) >= 11 is 5.01. The van der Waals surface area contributed by atoms with Gasteiger partial charge in [0.2, 0.25) is 0 Å². The van der Waals surface area contributed by atoms with E-state index in [0.717, 1.165) is 26.6 Å². The summed E-state index contributed by atoms with van der Waals surface area (Å²) in [6, 6.07) is 5.91. The highest BCUT2D eigenvalue weighted by molar-refractivity contribution is 9.10. The number of nitrogens with zero attached hydrogens (tertiary/aromatic N) is 3. The van der Waals surface area contributed by atoms with Crippen molar-refractivity contribution in [1.82, 2.24) is 14.8 Å². The Morgan fingerprint density at radius 2 is 2.31 bits per heavy atom. The molecule has 2 rings (SSSR count). The Morgan fingerprint density at radius 3 is 2.94 bits per heavy atom. The number of aromatic nitrogens is 3. The minimum atomic E-state index is 0.795. The zero-order valence-electron chi connectivity index (χ0n) is 8.72. The van der Waals surface area contributed by atoms with Crippen LogP contribution in [0.2, 0.25) is 0 Å². The molecule has 0 aliphatic carbocycles. The van der Waals surface area contributed by atoms with Crippen LogP contribution in [0.5, 0.6) is 0 Å². The van der Waals surface area contributed by atoms with Gasteiger partial charge in [0, 0.05) is 23.0 Å². The standard InChI is InChI=1S/C10H11BrN4S/c1-15-6-13-14-10(15)16-5-7-2-3-8(11)4-9(7)12/h2-4,6H,5,12H2,1H3. The predicted molar refractivity (Wildman–Crippen MR) is 69.1 cm³/mol. The van der Waals surface area contributed by atoms with E-state index in [2.05, 4.69) is 26.1 Å². The van der Waals surface area contributed by atoms with Crippen LogP contribution in [0.25, 0.3) is 0 Å². The fourth-order valence-corrected chi connectivity index (χ4v) is 2.52. The van der Waals surface area contributed by atoms with Crippen LogP contribution in [0, 0.1) is 0 Å². The summed E-state index contributed by atoms with van der Waals surface area (Å²) in [5, 5.41) is 8.72. The SMILES string of the molecule is Cn1cnnc1SCc1ccc(Br)cc1N. The van der Waals surface area contributed by atoms with E-state index < -0.39 is 0 Å². The molecule has 1 aromatic carbocycles. The molecule has 84 valence electrons. The first-order valence-electron chi connectivity index (χ1n) is 4.67. The molecule has 0 bridgehead atoms. The van der Waals surface area contributed by atoms with E-state index in [9.17, 15) is 0 Å². The van der Waals surface area contributed by atoms with Gasteiger partial charge in [-0.1, -0.05) is 33.8 Å². The lowest BCUT2D eigenvalue weighted by atomic mass is 10.2. The smallest absolute Gasteiger partial charge is 0.191 e. The molecule has 0 atom stereocenters. The fraction of sp³-hybridized carbons (Fsp3) is 0.200. The lowest BCUT2D eigenvalue weighted by Crippen LogP contribution is -1.94. The molecule has 1 aromatic heterocycles. The number of halogens is 1. The van der Waals surface area contributed by atoms with Crippen molar-refractivity contribution < 1.29 is 0 Å². The molecule has 0 aliphatic rings. The van der Waals surface area contributed by atoms with Crippen LogP contribution in [-0.2, 0) is 12.8 Å². The van der Waals surface area contributed by atoms with Gasteiger partial charge >= 0.3 is 0 Å². The van der Waals surface area contributed by atoms with E-state index in [-0.39, 0.29) is 0 Å². The summed E-state index contributed by atoms with van der Waals surface area (Å²) in [7, 11) is 1.92. The fourth-order valence-electron chi connectivity index (χ4n) is 1.24. The molecule has 2 aromatic rings. The van der Waals surface area contributed by atoms with Crippen LogP contribution in [0.15, 0.2) is 34.2 Å². The second kappa shape index (κ2) is 4.88. The summed E-state index contributed by atoms with van der Waals surface area (Å²) in [5.74, 6) is 0.797. The van der Waals surface area contributed by atoms with Crippen molar-refractivity contribution in [3.8, 4) is 0 Å². The predicted octanol–water partition coefficient (Wildman–Crippen LogP) is 2.45. The maximum absolute atomic E-state index is 5.91. The maximum atomic E-state index is 5.91.